The molecule has 0 fully saturated rings. The van der Waals surface area contributed by atoms with Crippen molar-refractivity contribution in [2.75, 3.05) is 24.3 Å². The Balaban J connectivity index is 2.29. The van der Waals surface area contributed by atoms with E-state index in [4.69, 9.17) is 4.74 Å². The zero-order chi connectivity index (χ0) is 15.2. The van der Waals surface area contributed by atoms with E-state index in [0.717, 1.165) is 39.2 Å². The molecule has 5 nitrogen and oxygen atoms in total. The SMILES string of the molecule is CCCNc1ncnc(Nc2cc(Br)ccc2OC)c1Br. The second-order valence-corrected chi connectivity index (χ2v) is 5.99. The van der Waals surface area contributed by atoms with Crippen molar-refractivity contribution in [2.45, 2.75) is 13.3 Å². The largest absolute Gasteiger partial charge is 0.495 e. The molecule has 112 valence electrons. The minimum atomic E-state index is 0.681. The van der Waals surface area contributed by atoms with E-state index in [0.29, 0.717) is 5.82 Å². The van der Waals surface area contributed by atoms with Crippen molar-refractivity contribution in [3.05, 3.63) is 33.5 Å². The number of aromatic nitrogens is 2. The summed E-state index contributed by atoms with van der Waals surface area (Å²) in [7, 11) is 1.64. The lowest BCUT2D eigenvalue weighted by Gasteiger charge is -2.14. The predicted octanol–water partition coefficient (Wildman–Crippen LogP) is 4.58. The number of hydrogen-bond acceptors (Lipinski definition) is 5. The van der Waals surface area contributed by atoms with Crippen LogP contribution in [0.2, 0.25) is 0 Å². The average molecular weight is 416 g/mol. The Bertz CT molecular complexity index is 622. The molecule has 2 N–H and O–H groups in total. The monoisotopic (exact) mass is 414 g/mol. The Labute approximate surface area is 140 Å². The Morgan fingerprint density at radius 1 is 1.19 bits per heavy atom. The second kappa shape index (κ2) is 7.61. The number of anilines is 3. The molecule has 0 bridgehead atoms. The molecule has 0 saturated heterocycles. The molecule has 1 aromatic heterocycles. The lowest BCUT2D eigenvalue weighted by Crippen LogP contribution is -2.05. The number of rotatable bonds is 6. The van der Waals surface area contributed by atoms with Gasteiger partial charge in [-0.3, -0.25) is 0 Å². The van der Waals surface area contributed by atoms with Crippen LogP contribution in [0.1, 0.15) is 13.3 Å². The third-order valence-electron chi connectivity index (χ3n) is 2.75. The number of hydrogen-bond donors (Lipinski definition) is 2. The first-order chi connectivity index (χ1) is 10.2. The quantitative estimate of drug-likeness (QED) is 0.723. The van der Waals surface area contributed by atoms with Gasteiger partial charge in [0.2, 0.25) is 0 Å². The molecule has 0 spiro atoms. The Kier molecular flexibility index (Phi) is 5.81. The molecule has 0 aliphatic carbocycles. The summed E-state index contributed by atoms with van der Waals surface area (Å²) in [6.07, 6.45) is 2.55. The van der Waals surface area contributed by atoms with Gasteiger partial charge in [0, 0.05) is 11.0 Å². The van der Waals surface area contributed by atoms with Gasteiger partial charge in [-0.15, -0.1) is 0 Å². The van der Waals surface area contributed by atoms with E-state index in [9.17, 15) is 0 Å². The van der Waals surface area contributed by atoms with E-state index in [1.54, 1.807) is 7.11 Å². The Morgan fingerprint density at radius 3 is 2.67 bits per heavy atom. The van der Waals surface area contributed by atoms with Crippen LogP contribution in [0.3, 0.4) is 0 Å². The first-order valence-corrected chi connectivity index (χ1v) is 8.09. The van der Waals surface area contributed by atoms with Gasteiger partial charge in [-0.1, -0.05) is 22.9 Å². The molecule has 21 heavy (non-hydrogen) atoms. The third kappa shape index (κ3) is 4.07. The first-order valence-electron chi connectivity index (χ1n) is 6.50. The summed E-state index contributed by atoms with van der Waals surface area (Å²) in [5, 5.41) is 6.51. The smallest absolute Gasteiger partial charge is 0.150 e. The van der Waals surface area contributed by atoms with Crippen LogP contribution in [0.5, 0.6) is 5.75 Å². The summed E-state index contributed by atoms with van der Waals surface area (Å²) in [6.45, 7) is 2.96. The van der Waals surface area contributed by atoms with Crippen LogP contribution in [-0.4, -0.2) is 23.6 Å². The molecule has 0 atom stereocenters. The zero-order valence-electron chi connectivity index (χ0n) is 11.8. The van der Waals surface area contributed by atoms with E-state index in [2.05, 4.69) is 59.4 Å². The van der Waals surface area contributed by atoms with Gasteiger partial charge < -0.3 is 15.4 Å². The second-order valence-electron chi connectivity index (χ2n) is 4.28. The predicted molar refractivity (Wildman–Crippen MR) is 92.5 cm³/mol. The summed E-state index contributed by atoms with van der Waals surface area (Å²) in [5.74, 6) is 2.19. The van der Waals surface area contributed by atoms with Crippen molar-refractivity contribution in [1.82, 2.24) is 9.97 Å². The van der Waals surface area contributed by atoms with Crippen LogP contribution < -0.4 is 15.4 Å². The summed E-state index contributed by atoms with van der Waals surface area (Å²) in [6, 6.07) is 5.75. The van der Waals surface area contributed by atoms with Crippen molar-refractivity contribution in [1.29, 1.82) is 0 Å². The van der Waals surface area contributed by atoms with E-state index in [1.165, 1.54) is 6.33 Å². The van der Waals surface area contributed by atoms with Crippen molar-refractivity contribution >= 4 is 49.2 Å². The molecule has 7 heteroatoms. The highest BCUT2D eigenvalue weighted by atomic mass is 79.9. The highest BCUT2D eigenvalue weighted by Crippen LogP contribution is 2.34. The van der Waals surface area contributed by atoms with E-state index >= 15 is 0 Å². The zero-order valence-corrected chi connectivity index (χ0v) is 15.0. The number of nitrogens with one attached hydrogen (secondary N) is 2. The van der Waals surface area contributed by atoms with Gasteiger partial charge in [0.25, 0.3) is 0 Å². The standard InChI is InChI=1S/C14H16Br2N4O/c1-3-6-17-13-12(16)14(19-8-18-13)20-10-7-9(15)4-5-11(10)21-2/h4-5,7-8H,3,6H2,1-2H3,(H2,17,18,19,20). The highest BCUT2D eigenvalue weighted by molar-refractivity contribution is 9.11. The number of methoxy groups -OCH3 is 1. The summed E-state index contributed by atoms with van der Waals surface area (Å²) < 4.78 is 7.10. The van der Waals surface area contributed by atoms with Gasteiger partial charge in [-0.2, -0.15) is 0 Å². The maximum Gasteiger partial charge on any atom is 0.150 e. The van der Waals surface area contributed by atoms with Crippen molar-refractivity contribution < 1.29 is 4.74 Å². The van der Waals surface area contributed by atoms with Gasteiger partial charge >= 0.3 is 0 Å². The lowest BCUT2D eigenvalue weighted by atomic mass is 10.3. The van der Waals surface area contributed by atoms with Gasteiger partial charge in [-0.05, 0) is 40.5 Å². The van der Waals surface area contributed by atoms with E-state index in [1.807, 2.05) is 18.2 Å². The molecule has 0 amide bonds. The fraction of sp³-hybridized carbons (Fsp3) is 0.286. The maximum atomic E-state index is 5.35. The van der Waals surface area contributed by atoms with Crippen LogP contribution >= 0.6 is 31.9 Å². The molecule has 0 aliphatic rings. The molecule has 0 aliphatic heterocycles. The van der Waals surface area contributed by atoms with Crippen LogP contribution in [0.15, 0.2) is 33.5 Å². The highest BCUT2D eigenvalue weighted by Gasteiger charge is 2.11. The lowest BCUT2D eigenvalue weighted by molar-refractivity contribution is 0.416. The fourth-order valence-electron chi connectivity index (χ4n) is 1.73. The molecular weight excluding hydrogens is 400 g/mol. The van der Waals surface area contributed by atoms with Gasteiger partial charge in [0.05, 0.1) is 12.8 Å². The van der Waals surface area contributed by atoms with Crippen LogP contribution in [0.4, 0.5) is 17.3 Å². The van der Waals surface area contributed by atoms with E-state index in [-0.39, 0.29) is 0 Å². The topological polar surface area (TPSA) is 59.1 Å². The van der Waals surface area contributed by atoms with Crippen LogP contribution in [0, 0.1) is 0 Å². The third-order valence-corrected chi connectivity index (χ3v) is 3.99. The van der Waals surface area contributed by atoms with Crippen molar-refractivity contribution in [2.24, 2.45) is 0 Å². The molecule has 1 heterocycles. The number of halogens is 2. The van der Waals surface area contributed by atoms with Crippen molar-refractivity contribution in [3.8, 4) is 5.75 Å². The molecule has 2 rings (SSSR count). The number of nitrogens with zero attached hydrogens (tertiary/aromatic N) is 2. The molecule has 0 radical (unpaired) electrons. The van der Waals surface area contributed by atoms with Gasteiger partial charge in [0.1, 0.15) is 28.2 Å². The van der Waals surface area contributed by atoms with Crippen molar-refractivity contribution in [3.63, 3.8) is 0 Å². The summed E-state index contributed by atoms with van der Waals surface area (Å²) in [5.41, 5.74) is 0.827. The minimum absolute atomic E-state index is 0.681. The summed E-state index contributed by atoms with van der Waals surface area (Å²) in [4.78, 5) is 8.50. The number of benzene rings is 1. The first kappa shape index (κ1) is 16.0. The number of ether oxygens (including phenoxy) is 1. The molecule has 2 aromatic rings. The Hall–Kier alpha value is -1.34. The summed E-state index contributed by atoms with van der Waals surface area (Å²) >= 11 is 6.99. The molecular formula is C14H16Br2N4O. The molecule has 0 unspecified atom stereocenters. The normalized spacial score (nSPS) is 10.3. The van der Waals surface area contributed by atoms with Gasteiger partial charge in [-0.25, -0.2) is 9.97 Å². The minimum Gasteiger partial charge on any atom is -0.495 e. The van der Waals surface area contributed by atoms with E-state index < -0.39 is 0 Å². The Morgan fingerprint density at radius 2 is 1.95 bits per heavy atom. The fourth-order valence-corrected chi connectivity index (χ4v) is 2.53. The molecule has 1 aromatic carbocycles. The average Bonchev–Trinajstić information content (AvgIpc) is 2.48. The maximum absolute atomic E-state index is 5.35. The van der Waals surface area contributed by atoms with Crippen LogP contribution in [-0.2, 0) is 0 Å². The van der Waals surface area contributed by atoms with Crippen LogP contribution in [0.25, 0.3) is 0 Å². The molecule has 0 saturated carbocycles. The van der Waals surface area contributed by atoms with Gasteiger partial charge in [0.15, 0.2) is 0 Å².